The van der Waals surface area contributed by atoms with Gasteiger partial charge in [0.1, 0.15) is 158 Å². The van der Waals surface area contributed by atoms with E-state index in [1.807, 2.05) is 20.6 Å². The highest BCUT2D eigenvalue weighted by atomic mass is 31.2. The van der Waals surface area contributed by atoms with E-state index >= 15 is 0 Å². The minimum Gasteiger partial charge on any atom is -0.481 e. The number of nitrogens with two attached hydrogens (primary N) is 5. The van der Waals surface area contributed by atoms with Crippen molar-refractivity contribution in [2.75, 3.05) is 75.7 Å². The highest BCUT2D eigenvalue weighted by molar-refractivity contribution is 7.48. The Kier molecular flexibility index (Phi) is 34.7. The number of hydrogen-bond donors (Lipinski definition) is 23. The van der Waals surface area contributed by atoms with Gasteiger partial charge in [-0.05, 0) is 32.9 Å². The number of hydrogen-bond acceptors (Lipinski definition) is 53. The summed E-state index contributed by atoms with van der Waals surface area (Å²) in [5, 5.41) is 82.0. The first-order chi connectivity index (χ1) is 69.5. The normalized spacial score (nSPS) is 29.2. The van der Waals surface area contributed by atoms with Gasteiger partial charge in [0.25, 0.3) is 11.1 Å². The van der Waals surface area contributed by atoms with Crippen LogP contribution in [0.2, 0.25) is 0 Å². The summed E-state index contributed by atoms with van der Waals surface area (Å²) >= 11 is 0. The zero-order chi connectivity index (χ0) is 108. The van der Waals surface area contributed by atoms with Crippen molar-refractivity contribution < 1.29 is 199 Å². The zero-order valence-electron chi connectivity index (χ0n) is 75.9. The Hall–Kier alpha value is -11.0. The van der Waals surface area contributed by atoms with Gasteiger partial charge in [0.15, 0.2) is 47.8 Å². The molecular weight excluding hydrogens is 2130 g/mol. The van der Waals surface area contributed by atoms with E-state index in [-0.39, 0.29) is 50.9 Å². The van der Waals surface area contributed by atoms with Crippen LogP contribution < -0.4 is 78.5 Å². The number of aliphatic hydroxyl groups excluding tert-OH is 5. The van der Waals surface area contributed by atoms with Crippen LogP contribution in [0.5, 0.6) is 0 Å². The van der Waals surface area contributed by atoms with Crippen molar-refractivity contribution in [3.05, 3.63) is 136 Å². The molecule has 14 rings (SSSR count). The molecule has 6 fully saturated rings. The molecule has 6 aliphatic heterocycles. The molecule has 8 aromatic heterocycles. The number of imidazole rings is 2. The number of fused-ring (bicyclic) bond motifs is 2. The van der Waals surface area contributed by atoms with E-state index in [0.717, 1.165) is 92.0 Å². The Bertz CT molecular complexity index is 7000. The van der Waals surface area contributed by atoms with E-state index in [0.29, 0.717) is 4.57 Å². The van der Waals surface area contributed by atoms with Gasteiger partial charge in [0.05, 0.1) is 77.9 Å². The van der Waals surface area contributed by atoms with Gasteiger partial charge in [-0.2, -0.15) is 9.97 Å². The molecule has 0 radical (unpaired) electrons. The van der Waals surface area contributed by atoms with Gasteiger partial charge >= 0.3 is 81.6 Å². The summed E-state index contributed by atoms with van der Waals surface area (Å²) in [5.74, 6) is -8.35. The molecule has 0 aliphatic carbocycles. The second kappa shape index (κ2) is 45.6. The second-order valence-corrected chi connectivity index (χ2v) is 41.6. The minimum absolute atomic E-state index is 0.0854. The molecule has 0 saturated carbocycles. The number of aliphatic hydroxyl groups is 5. The van der Waals surface area contributed by atoms with Crippen molar-refractivity contribution in [2.45, 2.75) is 193 Å². The van der Waals surface area contributed by atoms with Crippen LogP contribution in [0.15, 0.2) is 91.0 Å². The Balaban J connectivity index is 0.678. The number of aromatic amines is 2. The Morgan fingerprint density at radius 1 is 0.473 bits per heavy atom. The number of nitrogen functional groups attached to an aromatic ring is 4. The fraction of sp³-hybridized carbons (Fsp3) is 0.557. The van der Waals surface area contributed by atoms with Crippen LogP contribution >= 0.6 is 46.9 Å². The number of carboxylic acids is 2. The van der Waals surface area contributed by atoms with E-state index in [1.54, 1.807) is 0 Å². The molecule has 72 nitrogen and oxygen atoms in total. The molecule has 31 atom stereocenters. The number of phosphoric ester groups is 6. The van der Waals surface area contributed by atoms with Crippen LogP contribution in [0.1, 0.15) is 74.7 Å². The molecule has 8 aromatic rings. The summed E-state index contributed by atoms with van der Waals surface area (Å²) in [5.41, 5.74) is 21.6. The first kappa shape index (κ1) is 113. The van der Waals surface area contributed by atoms with Gasteiger partial charge in [-0.15, -0.1) is 0 Å². The molecule has 6 aliphatic rings. The maximum Gasteiger partial charge on any atom is 0.472 e. The third-order valence-corrected chi connectivity index (χ3v) is 28.7. The van der Waals surface area contributed by atoms with E-state index in [4.69, 9.17) is 116 Å². The summed E-state index contributed by atoms with van der Waals surface area (Å²) in [6, 6.07) is -3.36. The average Bonchev–Trinajstić information content (AvgIpc) is 1.61. The number of ether oxygens (including phenoxy) is 6. The smallest absolute Gasteiger partial charge is 0.472 e. The number of carboxylic acid groups (broad SMARTS) is 2. The van der Waals surface area contributed by atoms with Gasteiger partial charge in [-0.3, -0.25) is 120 Å². The zero-order valence-corrected chi connectivity index (χ0v) is 81.3. The van der Waals surface area contributed by atoms with E-state index in [9.17, 15) is 140 Å². The lowest BCUT2D eigenvalue weighted by molar-refractivity contribution is -0.147. The SMILES string of the molecule is Cc1cn([C@H]2C[C@H](OP(=O)(O)OC[C@H](NC(=O)[C@H](C)N)C(=O)NCC(=O)N[C@@H](CC(=O)O)C(=O)O)[C@@H](COP(=O)(O)O[C@H]3[C@@H](O)[C@H](n4cnc5c(N)ncnc54)O[C@@H]3COP(=O)(O)O[C@H]3[C@@H](O)[C@H](n4ccc(N)nc4=O)O[C@@H]3COP(=O)(O)O[C@H]3C[C@H](n4cc(C)c(=O)[nH]c4=O)O[C@@H]3COP(=O)(O)O[C@H]3[C@@H](O)[C@H](n4cnc5c(N)ncnc54)O[C@@H]3COP(=O)(O)O[C@H]3[C@@H](O)[C@H](n4ccc(N)nc4=O)O[C@@H]3CO)O2)c(=O)[nH]c1=O. The summed E-state index contributed by atoms with van der Waals surface area (Å²) in [6.45, 7) is -6.78. The molecule has 0 spiro atoms. The number of nitrogens with zero attached hydrogens (tertiary/aromatic N) is 14. The molecule has 0 aromatic carbocycles. The van der Waals surface area contributed by atoms with Crippen molar-refractivity contribution in [1.82, 2.24) is 93.2 Å². The summed E-state index contributed by atoms with van der Waals surface area (Å²) < 4.78 is 191. The monoisotopic (exact) mass is 2220 g/mol. The van der Waals surface area contributed by atoms with E-state index in [1.165, 1.54) is 13.8 Å². The van der Waals surface area contributed by atoms with Crippen LogP contribution in [0.25, 0.3) is 22.3 Å². The van der Waals surface area contributed by atoms with E-state index in [2.05, 4.69) is 45.2 Å². The molecule has 78 heteroatoms. The largest absolute Gasteiger partial charge is 0.481 e. The number of rotatable bonds is 46. The number of aromatic nitrogens is 16. The van der Waals surface area contributed by atoms with Crippen molar-refractivity contribution in [1.29, 1.82) is 0 Å². The molecule has 28 N–H and O–H groups in total. The predicted molar refractivity (Wildman–Crippen MR) is 476 cm³/mol. The number of carbonyl (C=O) groups is 5. The maximum absolute atomic E-state index is 14.6. The fourth-order valence-corrected chi connectivity index (χ4v) is 21.4. The van der Waals surface area contributed by atoms with Gasteiger partial charge < -0.3 is 138 Å². The van der Waals surface area contributed by atoms with E-state index < -0.39 is 342 Å². The fourth-order valence-electron chi connectivity index (χ4n) is 15.6. The number of aryl methyl sites for hydroxylation is 2. The third-order valence-electron chi connectivity index (χ3n) is 22.7. The summed E-state index contributed by atoms with van der Waals surface area (Å²) in [4.78, 5) is 244. The number of amides is 3. The Morgan fingerprint density at radius 3 is 1.20 bits per heavy atom. The molecule has 0 bridgehead atoms. The highest BCUT2D eigenvalue weighted by Gasteiger charge is 2.58. The van der Waals surface area contributed by atoms with Gasteiger partial charge in [-0.25, -0.2) is 81.3 Å². The first-order valence-corrected chi connectivity index (χ1v) is 51.9. The lowest BCUT2D eigenvalue weighted by Crippen LogP contribution is -2.54. The quantitative estimate of drug-likeness (QED) is 0.0158. The molecule has 148 heavy (non-hydrogen) atoms. The topological polar surface area (TPSA) is 1050 Å². The maximum atomic E-state index is 14.6. The molecule has 6 unspecified atom stereocenters. The van der Waals surface area contributed by atoms with Crippen molar-refractivity contribution in [2.24, 2.45) is 5.73 Å². The highest BCUT2D eigenvalue weighted by Crippen LogP contribution is 2.58. The van der Waals surface area contributed by atoms with Gasteiger partial charge in [-0.1, -0.05) is 0 Å². The second-order valence-electron chi connectivity index (χ2n) is 33.1. The molecular formula is C70H94N24O48P6. The summed E-state index contributed by atoms with van der Waals surface area (Å²) in [6.07, 6.45) is -40.2. The number of nitrogens with one attached hydrogen (secondary N) is 5. The van der Waals surface area contributed by atoms with Crippen LogP contribution in [0.3, 0.4) is 0 Å². The Morgan fingerprint density at radius 2 is 0.831 bits per heavy atom. The van der Waals surface area contributed by atoms with Crippen molar-refractivity contribution in [3.63, 3.8) is 0 Å². The molecule has 3 amide bonds. The minimum atomic E-state index is -6.07. The number of anilines is 4. The average molecular weight is 2230 g/mol. The van der Waals surface area contributed by atoms with Crippen molar-refractivity contribution >= 4 is 122 Å². The number of carbonyl (C=O) groups excluding carboxylic acids is 3. The van der Waals surface area contributed by atoms with Crippen LogP contribution in [0, 0.1) is 13.8 Å². The molecule has 14 heterocycles. The molecule has 812 valence electrons. The van der Waals surface area contributed by atoms with Crippen LogP contribution in [-0.2, 0) is 134 Å². The third kappa shape index (κ3) is 26.6. The predicted octanol–water partition coefficient (Wildman–Crippen LogP) is -9.17. The number of phosphoric acid groups is 6. The summed E-state index contributed by atoms with van der Waals surface area (Å²) in [7, 11) is -35.3. The standard InChI is InChI=1S/C70H94N24O48P6/c1-25-12-91(69(111)87-58(25)103)41-9-30(137-143(113,114)125-15-29(84-60(105)27(3)71)61(106)76-11-40(96)83-28(66(107)108)8-43(97)98)33(131-41)16-126-145(117,118)142-53-37(136-65(49(53)102)94-24-82-45-55(75)78-22-80-57(45)94)20-130-148(123,124)140-51-35(134-63(47(51)100)90-7-5-39(73)86-68(90)110)18-128-144(115,116)138-31-10-42(92-13-26(2)59(104)88-70(92)112)132-34(31)17-127-146(119,120)141-52-36(135-64(48(52)101)93-23-81-44-54(74)77-21-79-56(44)93)19-129-147(121,122)139-50-32(14-95)133-62(46(50)99)89-6-4-38(72)85-67(89)109/h4-7,12-13,21-24,27-37,41-42,46-53,62-65,95,99-102H,8-11,14-20,71H2,1-3H3,(H,76,106)(H,83,96)(H,84,105)(H,97,98)(H,107,108)(H,113,114)(H,115,116)(H,117,118)(H,119,120)(H,121,122)(H,123,124)(H2,72,85,109)(H2,73,86,110)(H2,74,77,79)(H2,75,78,80)(H,87,103,111)(H,88,104,112)/t27-,28-,29-,30-,31-,32+,33+,34+,35+,36+,37+,41+,42+,46+,47+,48+,49+,50+,51+,52+,53+,62+,63+,64+,65+/m0/s1. The van der Waals surface area contributed by atoms with Crippen LogP contribution in [0.4, 0.5) is 23.3 Å². The first-order valence-electron chi connectivity index (χ1n) is 42.9. The van der Waals surface area contributed by atoms with Gasteiger partial charge in [0.2, 0.25) is 17.7 Å². The van der Waals surface area contributed by atoms with Crippen molar-refractivity contribution in [3.8, 4) is 0 Å². The number of H-pyrrole nitrogens is 2. The number of aliphatic carboxylic acids is 2. The van der Waals surface area contributed by atoms with Gasteiger partial charge in [0, 0.05) is 48.8 Å². The lowest BCUT2D eigenvalue weighted by atomic mass is 10.1. The lowest BCUT2D eigenvalue weighted by Gasteiger charge is -2.27. The molecule has 6 saturated heterocycles. The Labute approximate surface area is 822 Å². The van der Waals surface area contributed by atoms with Crippen LogP contribution in [-0.4, -0.2) is 341 Å².